The lowest BCUT2D eigenvalue weighted by Crippen LogP contribution is -2.43. The van der Waals surface area contributed by atoms with Crippen LogP contribution in [0.1, 0.15) is 28.7 Å². The molecule has 29 heavy (non-hydrogen) atoms. The maximum atomic E-state index is 13.7. The van der Waals surface area contributed by atoms with Crippen LogP contribution in [-0.2, 0) is 16.6 Å². The normalized spacial score (nSPS) is 21.0. The molecule has 7 heteroatoms. The van der Waals surface area contributed by atoms with Crippen molar-refractivity contribution in [2.24, 2.45) is 0 Å². The maximum Gasteiger partial charge on any atom is 0.244 e. The van der Waals surface area contributed by atoms with E-state index in [9.17, 15) is 4.79 Å². The quantitative estimate of drug-likeness (QED) is 0.529. The zero-order chi connectivity index (χ0) is 19.8. The average molecular weight is 418 g/mol. The topological polar surface area (TPSA) is 77.2 Å². The Balaban J connectivity index is 1.78. The van der Waals surface area contributed by atoms with Crippen molar-refractivity contribution in [3.8, 4) is 5.88 Å². The number of carbonyl (C=O) groups excluding carboxylic acids is 1. The molecule has 1 unspecified atom stereocenters. The van der Waals surface area contributed by atoms with Crippen LogP contribution < -0.4 is 15.8 Å². The van der Waals surface area contributed by atoms with Crippen molar-refractivity contribution in [3.05, 3.63) is 80.3 Å². The van der Waals surface area contributed by atoms with E-state index in [1.54, 1.807) is 0 Å². The van der Waals surface area contributed by atoms with Crippen LogP contribution >= 0.6 is 23.6 Å². The van der Waals surface area contributed by atoms with E-state index in [1.165, 1.54) is 16.9 Å². The van der Waals surface area contributed by atoms with Crippen molar-refractivity contribution in [2.75, 3.05) is 11.1 Å². The van der Waals surface area contributed by atoms with E-state index in [0.717, 1.165) is 28.8 Å². The second-order valence-electron chi connectivity index (χ2n) is 7.34. The molecule has 0 radical (unpaired) electrons. The van der Waals surface area contributed by atoms with Crippen molar-refractivity contribution in [3.63, 3.8) is 0 Å². The minimum atomic E-state index is -1.05. The Hall–Kier alpha value is -3.03. The Morgan fingerprint density at radius 1 is 1.14 bits per heavy atom. The Morgan fingerprint density at radius 3 is 2.83 bits per heavy atom. The summed E-state index contributed by atoms with van der Waals surface area (Å²) in [6, 6.07) is 15.9. The number of aromatic nitrogens is 1. The molecule has 1 aliphatic carbocycles. The lowest BCUT2D eigenvalue weighted by molar-refractivity contribution is -0.118. The number of hydrogen-bond acceptors (Lipinski definition) is 6. The summed E-state index contributed by atoms with van der Waals surface area (Å²) in [5, 5.41) is 3.53. The molecule has 1 atom stereocenters. The summed E-state index contributed by atoms with van der Waals surface area (Å²) in [6.45, 7) is 0. The number of nitrogens with zero attached hydrogens (tertiary/aromatic N) is 1. The van der Waals surface area contributed by atoms with Gasteiger partial charge in [-0.05, 0) is 42.3 Å². The van der Waals surface area contributed by atoms with Crippen LogP contribution in [0.3, 0.4) is 0 Å². The van der Waals surface area contributed by atoms with Gasteiger partial charge in [0.25, 0.3) is 0 Å². The molecule has 1 amide bonds. The zero-order valence-electron chi connectivity index (χ0n) is 15.2. The summed E-state index contributed by atoms with van der Waals surface area (Å²) in [5.41, 5.74) is 10.8. The Morgan fingerprint density at radius 2 is 1.93 bits per heavy atom. The van der Waals surface area contributed by atoms with Crippen LogP contribution in [0.5, 0.6) is 5.88 Å². The number of nitrogens with two attached hydrogens (primary N) is 1. The number of ether oxygens (including phenoxy) is 1. The smallest absolute Gasteiger partial charge is 0.244 e. The van der Waals surface area contributed by atoms with Gasteiger partial charge < -0.3 is 15.8 Å². The Labute approximate surface area is 175 Å². The summed E-state index contributed by atoms with van der Waals surface area (Å²) < 4.78 is 6.71. The number of carbonyl (C=O) groups is 1. The van der Waals surface area contributed by atoms with E-state index in [4.69, 9.17) is 22.7 Å². The molecule has 3 heterocycles. The molecule has 0 bridgehead atoms. The Bertz CT molecular complexity index is 1330. The summed E-state index contributed by atoms with van der Waals surface area (Å²) >= 11 is 6.52. The van der Waals surface area contributed by atoms with Crippen LogP contribution in [0.4, 0.5) is 10.7 Å². The highest BCUT2D eigenvalue weighted by molar-refractivity contribution is 7.73. The van der Waals surface area contributed by atoms with Crippen molar-refractivity contribution >= 4 is 45.9 Å². The van der Waals surface area contributed by atoms with Gasteiger partial charge in [0.2, 0.25) is 11.8 Å². The van der Waals surface area contributed by atoms with Crippen LogP contribution in [0.25, 0.3) is 5.76 Å². The lowest BCUT2D eigenvalue weighted by Gasteiger charge is -2.39. The largest absolute Gasteiger partial charge is 0.438 e. The minimum absolute atomic E-state index is 0.118. The molecule has 2 aliphatic heterocycles. The predicted octanol–water partition coefficient (Wildman–Crippen LogP) is 4.44. The van der Waals surface area contributed by atoms with Crippen molar-refractivity contribution in [1.82, 2.24) is 4.98 Å². The number of benzene rings is 2. The number of amides is 1. The van der Waals surface area contributed by atoms with Crippen molar-refractivity contribution in [1.29, 1.82) is 0 Å². The molecule has 3 aliphatic rings. The fraction of sp³-hybridized carbons (Fsp3) is 0.136. The van der Waals surface area contributed by atoms with Crippen LogP contribution in [0, 0.1) is 3.95 Å². The fourth-order valence-electron chi connectivity index (χ4n) is 4.85. The highest BCUT2D eigenvalue weighted by Gasteiger charge is 2.58. The number of rotatable bonds is 0. The first-order valence-corrected chi connectivity index (χ1v) is 10.5. The molecular weight excluding hydrogens is 402 g/mol. The first-order valence-electron chi connectivity index (χ1n) is 9.32. The Kier molecular flexibility index (Phi) is 3.34. The third kappa shape index (κ3) is 2.06. The van der Waals surface area contributed by atoms with Gasteiger partial charge >= 0.3 is 0 Å². The molecule has 0 fully saturated rings. The number of fused-ring (bicyclic) bond motifs is 7. The second-order valence-corrected chi connectivity index (χ2v) is 9.02. The first kappa shape index (κ1) is 16.9. The number of hydrogen-bond donors (Lipinski definition) is 2. The van der Waals surface area contributed by atoms with Crippen LogP contribution in [-0.4, -0.2) is 10.9 Å². The maximum absolute atomic E-state index is 13.7. The molecule has 1 spiro atoms. The molecule has 3 aromatic rings. The van der Waals surface area contributed by atoms with Gasteiger partial charge in [-0.2, -0.15) is 4.98 Å². The molecule has 3 N–H and O–H groups in total. The molecule has 0 saturated heterocycles. The van der Waals surface area contributed by atoms with Gasteiger partial charge in [0, 0.05) is 16.8 Å². The zero-order valence-corrected chi connectivity index (χ0v) is 16.8. The van der Waals surface area contributed by atoms with Gasteiger partial charge in [0.05, 0.1) is 10.6 Å². The standard InChI is InChI=1S/C22H15N3O2S2/c23-18-16-19(25-21(28)29-18)27-17-12-6-2-1-5-11(12)9-10-14(17)22(16)13-7-3-4-8-15(13)24-20(22)26/h1-8H,9-10,23H2,(H,24,26). The van der Waals surface area contributed by atoms with Crippen LogP contribution in [0.15, 0.2) is 54.1 Å². The predicted molar refractivity (Wildman–Crippen MR) is 116 cm³/mol. The molecule has 1 aromatic heterocycles. The third-order valence-corrected chi connectivity index (χ3v) is 7.01. The summed E-state index contributed by atoms with van der Waals surface area (Å²) in [4.78, 5) is 18.2. The van der Waals surface area contributed by atoms with Gasteiger partial charge in [-0.1, -0.05) is 53.8 Å². The highest BCUT2D eigenvalue weighted by atomic mass is 32.1. The molecule has 142 valence electrons. The van der Waals surface area contributed by atoms with Gasteiger partial charge in [-0.15, -0.1) is 0 Å². The summed E-state index contributed by atoms with van der Waals surface area (Å²) in [5.74, 6) is 0.908. The van der Waals surface area contributed by atoms with Crippen molar-refractivity contribution in [2.45, 2.75) is 18.3 Å². The number of nitrogen functional groups attached to an aromatic ring is 1. The fourth-order valence-corrected chi connectivity index (χ4v) is 5.87. The van der Waals surface area contributed by atoms with E-state index in [0.29, 0.717) is 32.6 Å². The van der Waals surface area contributed by atoms with E-state index < -0.39 is 5.41 Å². The molecule has 6 rings (SSSR count). The van der Waals surface area contributed by atoms with Gasteiger partial charge in [-0.25, -0.2) is 0 Å². The second kappa shape index (κ2) is 5.75. The third-order valence-electron chi connectivity index (χ3n) is 5.98. The van der Waals surface area contributed by atoms with Gasteiger partial charge in [0.15, 0.2) is 3.95 Å². The SMILES string of the molecule is Nc1sc(=S)nc2c1C1(C(=O)Nc3ccccc31)C1=C(O2)c2ccccc2CC1. The van der Waals surface area contributed by atoms with Gasteiger partial charge in [0.1, 0.15) is 11.2 Å². The minimum Gasteiger partial charge on any atom is -0.438 e. The average Bonchev–Trinajstić information content (AvgIpc) is 3.00. The van der Waals surface area contributed by atoms with Crippen LogP contribution in [0.2, 0.25) is 0 Å². The molecule has 5 nitrogen and oxygen atoms in total. The van der Waals surface area contributed by atoms with E-state index in [-0.39, 0.29) is 5.91 Å². The van der Waals surface area contributed by atoms with E-state index in [2.05, 4.69) is 16.4 Å². The first-order chi connectivity index (χ1) is 14.1. The van der Waals surface area contributed by atoms with Gasteiger partial charge in [-0.3, -0.25) is 4.79 Å². The number of anilines is 2. The molecular formula is C22H15N3O2S2. The lowest BCUT2D eigenvalue weighted by atomic mass is 9.65. The highest BCUT2D eigenvalue weighted by Crippen LogP contribution is 2.59. The number of para-hydroxylation sites is 1. The van der Waals surface area contributed by atoms with Crippen molar-refractivity contribution < 1.29 is 9.53 Å². The summed E-state index contributed by atoms with van der Waals surface area (Å²) in [6.07, 6.45) is 1.54. The molecule has 0 saturated carbocycles. The molecule has 2 aromatic carbocycles. The summed E-state index contributed by atoms with van der Waals surface area (Å²) in [7, 11) is 0. The van der Waals surface area contributed by atoms with E-state index in [1.807, 2.05) is 42.5 Å². The number of aryl methyl sites for hydroxylation is 1. The monoisotopic (exact) mass is 417 g/mol. The number of nitrogens with one attached hydrogen (secondary N) is 1. The van der Waals surface area contributed by atoms with E-state index >= 15 is 0 Å².